The summed E-state index contributed by atoms with van der Waals surface area (Å²) in [6, 6.07) is 20.5. The monoisotopic (exact) mass is 303 g/mol. The molecule has 3 aromatic heterocycles. The Balaban J connectivity index is 1.91. The molecule has 1 aromatic carbocycles. The van der Waals surface area contributed by atoms with E-state index in [-0.39, 0.29) is 0 Å². The lowest BCUT2D eigenvalue weighted by atomic mass is 10.2. The van der Waals surface area contributed by atoms with Crippen LogP contribution in [0.5, 0.6) is 0 Å². The molecule has 3 nitrogen and oxygen atoms in total. The zero-order valence-electron chi connectivity index (χ0n) is 11.8. The largest absolute Gasteiger partial charge is 0.265 e. The highest BCUT2D eigenvalue weighted by Crippen LogP contribution is 2.31. The average Bonchev–Trinajstić information content (AvgIpc) is 3.26. The van der Waals surface area contributed by atoms with Gasteiger partial charge in [0.25, 0.3) is 0 Å². The number of rotatable bonds is 3. The molecule has 106 valence electrons. The van der Waals surface area contributed by atoms with Gasteiger partial charge in [-0.15, -0.1) is 11.3 Å². The molecule has 4 heteroatoms. The number of para-hydroxylation sites is 1. The van der Waals surface area contributed by atoms with Crippen molar-refractivity contribution < 1.29 is 0 Å². The van der Waals surface area contributed by atoms with Gasteiger partial charge in [0.2, 0.25) is 0 Å². The number of hydrogen-bond acceptors (Lipinski definition) is 3. The first-order valence-corrected chi connectivity index (χ1v) is 7.89. The van der Waals surface area contributed by atoms with Gasteiger partial charge in [-0.05, 0) is 41.8 Å². The van der Waals surface area contributed by atoms with E-state index in [2.05, 4.69) is 40.7 Å². The first-order chi connectivity index (χ1) is 10.9. The summed E-state index contributed by atoms with van der Waals surface area (Å²) in [7, 11) is 0. The molecule has 0 unspecified atom stereocenters. The molecule has 0 amide bonds. The van der Waals surface area contributed by atoms with Crippen molar-refractivity contribution in [2.24, 2.45) is 0 Å². The topological polar surface area (TPSA) is 30.7 Å². The predicted molar refractivity (Wildman–Crippen MR) is 90.1 cm³/mol. The maximum absolute atomic E-state index is 4.80. The molecule has 0 saturated carbocycles. The van der Waals surface area contributed by atoms with Crippen LogP contribution < -0.4 is 0 Å². The van der Waals surface area contributed by atoms with Crippen LogP contribution in [0.2, 0.25) is 0 Å². The highest BCUT2D eigenvalue weighted by atomic mass is 32.1. The van der Waals surface area contributed by atoms with E-state index < -0.39 is 0 Å². The Morgan fingerprint density at radius 1 is 0.864 bits per heavy atom. The molecule has 22 heavy (non-hydrogen) atoms. The van der Waals surface area contributed by atoms with Crippen LogP contribution in [0.3, 0.4) is 0 Å². The molecule has 0 radical (unpaired) electrons. The zero-order valence-corrected chi connectivity index (χ0v) is 12.6. The van der Waals surface area contributed by atoms with Crippen molar-refractivity contribution in [3.05, 3.63) is 78.4 Å². The molecule has 0 aliphatic rings. The lowest BCUT2D eigenvalue weighted by Crippen LogP contribution is -1.98. The summed E-state index contributed by atoms with van der Waals surface area (Å²) in [5.41, 5.74) is 4.19. The van der Waals surface area contributed by atoms with E-state index in [1.807, 2.05) is 35.0 Å². The lowest BCUT2D eigenvalue weighted by molar-refractivity contribution is 0.893. The van der Waals surface area contributed by atoms with Crippen LogP contribution in [-0.2, 0) is 0 Å². The third-order valence-corrected chi connectivity index (χ3v) is 4.35. The minimum Gasteiger partial charge on any atom is -0.265 e. The van der Waals surface area contributed by atoms with Gasteiger partial charge in [-0.1, -0.05) is 24.3 Å². The Morgan fingerprint density at radius 2 is 1.68 bits per heavy atom. The first-order valence-electron chi connectivity index (χ1n) is 7.01. The molecule has 3 heterocycles. The number of nitrogens with zero attached hydrogens (tertiary/aromatic N) is 3. The quantitative estimate of drug-likeness (QED) is 0.551. The van der Waals surface area contributed by atoms with Crippen LogP contribution in [0, 0.1) is 0 Å². The second-order valence-electron chi connectivity index (χ2n) is 4.88. The third kappa shape index (κ3) is 2.34. The first kappa shape index (κ1) is 13.0. The fraction of sp³-hybridized carbons (Fsp3) is 0. The molecular formula is C18H13N3S. The minimum absolute atomic E-state index is 0.953. The van der Waals surface area contributed by atoms with Crippen molar-refractivity contribution in [1.82, 2.24) is 14.8 Å². The summed E-state index contributed by atoms with van der Waals surface area (Å²) in [4.78, 5) is 5.28. The molecule has 0 aliphatic heterocycles. The fourth-order valence-corrected chi connectivity index (χ4v) is 3.14. The number of hydrogen-bond donors (Lipinski definition) is 0. The number of benzene rings is 1. The maximum Gasteiger partial charge on any atom is 0.0935 e. The van der Waals surface area contributed by atoms with Crippen molar-refractivity contribution in [2.45, 2.75) is 0 Å². The Hall–Kier alpha value is -2.72. The highest BCUT2D eigenvalue weighted by Gasteiger charge is 2.13. The van der Waals surface area contributed by atoms with Crippen molar-refractivity contribution in [1.29, 1.82) is 0 Å². The predicted octanol–water partition coefficient (Wildman–Crippen LogP) is 4.66. The van der Waals surface area contributed by atoms with Gasteiger partial charge in [0.05, 0.1) is 22.0 Å². The van der Waals surface area contributed by atoms with Crippen molar-refractivity contribution in [3.63, 3.8) is 0 Å². The van der Waals surface area contributed by atoms with Crippen molar-refractivity contribution in [3.8, 4) is 27.5 Å². The van der Waals surface area contributed by atoms with Gasteiger partial charge in [-0.3, -0.25) is 4.98 Å². The van der Waals surface area contributed by atoms with E-state index in [0.29, 0.717) is 0 Å². The Morgan fingerprint density at radius 3 is 2.41 bits per heavy atom. The van der Waals surface area contributed by atoms with E-state index in [1.54, 1.807) is 23.7 Å². The molecule has 0 atom stereocenters. The van der Waals surface area contributed by atoms with Gasteiger partial charge in [0, 0.05) is 18.0 Å². The van der Waals surface area contributed by atoms with E-state index >= 15 is 0 Å². The molecule has 0 spiro atoms. The molecule has 0 N–H and O–H groups in total. The molecule has 4 rings (SSSR count). The van der Waals surface area contributed by atoms with Crippen molar-refractivity contribution >= 4 is 11.3 Å². The van der Waals surface area contributed by atoms with E-state index in [1.165, 1.54) is 4.88 Å². The number of pyridine rings is 1. The lowest BCUT2D eigenvalue weighted by Gasteiger charge is -2.05. The van der Waals surface area contributed by atoms with Gasteiger partial charge >= 0.3 is 0 Å². The molecule has 0 fully saturated rings. The number of aromatic nitrogens is 3. The standard InChI is InChI=1S/C18H13N3S/c1-2-5-15(6-3-1)21-17(18-7-4-12-22-18)13-16(20-21)14-8-10-19-11-9-14/h1-13H. The van der Waals surface area contributed by atoms with Crippen LogP contribution in [0.15, 0.2) is 78.4 Å². The zero-order chi connectivity index (χ0) is 14.8. The van der Waals surface area contributed by atoms with Gasteiger partial charge < -0.3 is 0 Å². The minimum atomic E-state index is 0.953. The maximum atomic E-state index is 4.80. The molecule has 0 aliphatic carbocycles. The van der Waals surface area contributed by atoms with Crippen LogP contribution in [0.4, 0.5) is 0 Å². The fourth-order valence-electron chi connectivity index (χ4n) is 2.41. The Labute approximate surface area is 132 Å². The average molecular weight is 303 g/mol. The Bertz CT molecular complexity index is 865. The molecular weight excluding hydrogens is 290 g/mol. The molecule has 0 saturated heterocycles. The highest BCUT2D eigenvalue weighted by molar-refractivity contribution is 7.13. The second kappa shape index (κ2) is 5.58. The van der Waals surface area contributed by atoms with Crippen LogP contribution in [0.25, 0.3) is 27.5 Å². The number of thiophene rings is 1. The molecule has 4 aromatic rings. The third-order valence-electron chi connectivity index (χ3n) is 3.46. The summed E-state index contributed by atoms with van der Waals surface area (Å²) in [6.45, 7) is 0. The van der Waals surface area contributed by atoms with Crippen LogP contribution >= 0.6 is 11.3 Å². The van der Waals surface area contributed by atoms with E-state index in [9.17, 15) is 0 Å². The van der Waals surface area contributed by atoms with Crippen LogP contribution in [-0.4, -0.2) is 14.8 Å². The summed E-state index contributed by atoms with van der Waals surface area (Å²) in [6.07, 6.45) is 3.59. The summed E-state index contributed by atoms with van der Waals surface area (Å²) in [5, 5.41) is 6.89. The van der Waals surface area contributed by atoms with E-state index in [0.717, 1.165) is 22.6 Å². The van der Waals surface area contributed by atoms with E-state index in [4.69, 9.17) is 5.10 Å². The van der Waals surface area contributed by atoms with Crippen molar-refractivity contribution in [2.75, 3.05) is 0 Å². The normalized spacial score (nSPS) is 10.7. The van der Waals surface area contributed by atoms with Gasteiger partial charge in [-0.25, -0.2) is 4.68 Å². The van der Waals surface area contributed by atoms with Crippen LogP contribution in [0.1, 0.15) is 0 Å². The van der Waals surface area contributed by atoms with Gasteiger partial charge in [0.1, 0.15) is 0 Å². The smallest absolute Gasteiger partial charge is 0.0935 e. The summed E-state index contributed by atoms with van der Waals surface area (Å²) in [5.74, 6) is 0. The second-order valence-corrected chi connectivity index (χ2v) is 5.82. The summed E-state index contributed by atoms with van der Waals surface area (Å²) < 4.78 is 2.00. The Kier molecular flexibility index (Phi) is 3.29. The van der Waals surface area contributed by atoms with Gasteiger partial charge in [0.15, 0.2) is 0 Å². The molecule has 0 bridgehead atoms. The SMILES string of the molecule is c1ccc(-n2nc(-c3ccncc3)cc2-c2cccs2)cc1. The van der Waals surface area contributed by atoms with Gasteiger partial charge in [-0.2, -0.15) is 5.10 Å². The summed E-state index contributed by atoms with van der Waals surface area (Å²) >= 11 is 1.72.